The topological polar surface area (TPSA) is 107 Å². The van der Waals surface area contributed by atoms with E-state index in [4.69, 9.17) is 10.5 Å². The second kappa shape index (κ2) is 6.85. The van der Waals surface area contributed by atoms with Crippen LogP contribution in [0.1, 0.15) is 24.2 Å². The lowest BCUT2D eigenvalue weighted by atomic mass is 10.0. The molecule has 1 atom stereocenters. The number of hydrogen-bond donors (Lipinski definition) is 2. The van der Waals surface area contributed by atoms with Crippen LogP contribution in [-0.4, -0.2) is 30.6 Å². The van der Waals surface area contributed by atoms with Crippen molar-refractivity contribution in [2.24, 2.45) is 5.92 Å². The first-order chi connectivity index (χ1) is 9.36. The van der Waals surface area contributed by atoms with Crippen LogP contribution in [0.2, 0.25) is 0 Å². The van der Waals surface area contributed by atoms with E-state index >= 15 is 0 Å². The fourth-order valence-corrected chi connectivity index (χ4v) is 1.69. The first kappa shape index (κ1) is 15.9. The summed E-state index contributed by atoms with van der Waals surface area (Å²) in [6.07, 6.45) is 0. The molecule has 0 aliphatic carbocycles. The van der Waals surface area contributed by atoms with Crippen molar-refractivity contribution in [1.82, 2.24) is 5.32 Å². The third kappa shape index (κ3) is 3.92. The summed E-state index contributed by atoms with van der Waals surface area (Å²) in [7, 11) is 1.56. The van der Waals surface area contributed by atoms with Gasteiger partial charge in [0, 0.05) is 18.7 Å². The second-order valence-corrected chi connectivity index (χ2v) is 4.81. The molecule has 0 heterocycles. The van der Waals surface area contributed by atoms with Crippen LogP contribution in [-0.2, 0) is 4.74 Å². The number of nitro benzene ring substituents is 1. The highest BCUT2D eigenvalue weighted by Crippen LogP contribution is 2.22. The number of rotatable bonds is 6. The fourth-order valence-electron chi connectivity index (χ4n) is 1.69. The molecule has 0 fully saturated rings. The molecule has 20 heavy (non-hydrogen) atoms. The van der Waals surface area contributed by atoms with Crippen molar-refractivity contribution in [3.63, 3.8) is 0 Å². The predicted molar refractivity (Wildman–Crippen MR) is 75.5 cm³/mol. The zero-order valence-corrected chi connectivity index (χ0v) is 11.8. The normalized spacial score (nSPS) is 12.2. The van der Waals surface area contributed by atoms with Gasteiger partial charge in [-0.15, -0.1) is 0 Å². The fraction of sp³-hybridized carbons (Fsp3) is 0.462. The van der Waals surface area contributed by atoms with Crippen molar-refractivity contribution >= 4 is 17.3 Å². The van der Waals surface area contributed by atoms with Crippen molar-refractivity contribution < 1.29 is 14.5 Å². The number of ether oxygens (including phenoxy) is 1. The van der Waals surface area contributed by atoms with E-state index in [0.29, 0.717) is 6.61 Å². The molecule has 1 amide bonds. The highest BCUT2D eigenvalue weighted by Gasteiger charge is 2.19. The van der Waals surface area contributed by atoms with Crippen LogP contribution in [0.4, 0.5) is 11.4 Å². The SMILES string of the molecule is COCC(NC(=O)c1ccc([N+](=O)[O-])c(N)c1)C(C)C. The minimum absolute atomic E-state index is 0.0320. The first-order valence-corrected chi connectivity index (χ1v) is 6.20. The Balaban J connectivity index is 2.87. The molecular weight excluding hydrogens is 262 g/mol. The summed E-state index contributed by atoms with van der Waals surface area (Å²) in [6, 6.07) is 3.78. The Labute approximate surface area is 117 Å². The number of nitrogens with two attached hydrogens (primary N) is 1. The Bertz CT molecular complexity index is 502. The predicted octanol–water partition coefficient (Wildman–Crippen LogP) is 1.58. The number of nitrogens with zero attached hydrogens (tertiary/aromatic N) is 1. The molecule has 1 aromatic carbocycles. The Morgan fingerprint density at radius 1 is 1.50 bits per heavy atom. The second-order valence-electron chi connectivity index (χ2n) is 4.81. The Hall–Kier alpha value is -2.15. The zero-order valence-electron chi connectivity index (χ0n) is 11.8. The van der Waals surface area contributed by atoms with Crippen LogP contribution in [0.25, 0.3) is 0 Å². The lowest BCUT2D eigenvalue weighted by Crippen LogP contribution is -2.41. The molecule has 0 saturated carbocycles. The summed E-state index contributed by atoms with van der Waals surface area (Å²) in [6.45, 7) is 4.33. The highest BCUT2D eigenvalue weighted by molar-refractivity contribution is 5.95. The zero-order chi connectivity index (χ0) is 15.3. The van der Waals surface area contributed by atoms with E-state index in [0.717, 1.165) is 0 Å². The van der Waals surface area contributed by atoms with Crippen LogP contribution >= 0.6 is 0 Å². The van der Waals surface area contributed by atoms with Gasteiger partial charge in [0.2, 0.25) is 0 Å². The Kier molecular flexibility index (Phi) is 5.45. The lowest BCUT2D eigenvalue weighted by molar-refractivity contribution is -0.383. The molecule has 0 aliphatic heterocycles. The summed E-state index contributed by atoms with van der Waals surface area (Å²) in [5.74, 6) is -0.128. The number of anilines is 1. The van der Waals surface area contributed by atoms with Gasteiger partial charge in [-0.2, -0.15) is 0 Å². The summed E-state index contributed by atoms with van der Waals surface area (Å²) in [5, 5.41) is 13.5. The van der Waals surface area contributed by atoms with Crippen molar-refractivity contribution in [1.29, 1.82) is 0 Å². The standard InChI is InChI=1S/C13H19N3O4/c1-8(2)11(7-20-3)15-13(17)9-4-5-12(16(18)19)10(14)6-9/h4-6,8,11H,7,14H2,1-3H3,(H,15,17). The number of methoxy groups -OCH3 is 1. The Morgan fingerprint density at radius 2 is 2.15 bits per heavy atom. The quantitative estimate of drug-likeness (QED) is 0.467. The molecule has 110 valence electrons. The van der Waals surface area contributed by atoms with Gasteiger partial charge in [-0.25, -0.2) is 0 Å². The average Bonchev–Trinajstić information content (AvgIpc) is 2.37. The van der Waals surface area contributed by atoms with Crippen LogP contribution in [0, 0.1) is 16.0 Å². The van der Waals surface area contributed by atoms with Crippen molar-refractivity contribution in [2.75, 3.05) is 19.5 Å². The van der Waals surface area contributed by atoms with E-state index in [-0.39, 0.29) is 34.8 Å². The molecule has 0 spiro atoms. The van der Waals surface area contributed by atoms with E-state index in [1.165, 1.54) is 18.2 Å². The van der Waals surface area contributed by atoms with Gasteiger partial charge >= 0.3 is 0 Å². The maximum atomic E-state index is 12.1. The van der Waals surface area contributed by atoms with Gasteiger partial charge in [-0.3, -0.25) is 14.9 Å². The molecule has 7 nitrogen and oxygen atoms in total. The molecule has 0 radical (unpaired) electrons. The summed E-state index contributed by atoms with van der Waals surface area (Å²) in [4.78, 5) is 22.2. The minimum atomic E-state index is -0.584. The van der Waals surface area contributed by atoms with Gasteiger partial charge in [0.15, 0.2) is 0 Å². The minimum Gasteiger partial charge on any atom is -0.393 e. The maximum Gasteiger partial charge on any atom is 0.292 e. The average molecular weight is 281 g/mol. The molecule has 1 unspecified atom stereocenters. The molecule has 0 saturated heterocycles. The lowest BCUT2D eigenvalue weighted by Gasteiger charge is -2.21. The van der Waals surface area contributed by atoms with Gasteiger partial charge in [0.05, 0.1) is 17.6 Å². The van der Waals surface area contributed by atoms with Crippen LogP contribution in [0.15, 0.2) is 18.2 Å². The van der Waals surface area contributed by atoms with E-state index in [9.17, 15) is 14.9 Å². The Morgan fingerprint density at radius 3 is 2.60 bits per heavy atom. The third-order valence-corrected chi connectivity index (χ3v) is 2.95. The number of amides is 1. The van der Waals surface area contributed by atoms with Gasteiger partial charge < -0.3 is 15.8 Å². The van der Waals surface area contributed by atoms with Gasteiger partial charge in [-0.1, -0.05) is 13.8 Å². The highest BCUT2D eigenvalue weighted by atomic mass is 16.6. The summed E-state index contributed by atoms with van der Waals surface area (Å²) < 4.78 is 5.05. The number of hydrogen-bond acceptors (Lipinski definition) is 5. The van der Waals surface area contributed by atoms with Crippen LogP contribution in [0.5, 0.6) is 0 Å². The van der Waals surface area contributed by atoms with Gasteiger partial charge in [0.1, 0.15) is 5.69 Å². The molecule has 7 heteroatoms. The number of benzene rings is 1. The maximum absolute atomic E-state index is 12.1. The first-order valence-electron chi connectivity index (χ1n) is 6.20. The van der Waals surface area contributed by atoms with Crippen molar-refractivity contribution in [3.8, 4) is 0 Å². The number of nitro groups is 1. The van der Waals surface area contributed by atoms with Gasteiger partial charge in [0.25, 0.3) is 11.6 Å². The molecule has 0 bridgehead atoms. The van der Waals surface area contributed by atoms with Crippen LogP contribution < -0.4 is 11.1 Å². The monoisotopic (exact) mass is 281 g/mol. The van der Waals surface area contributed by atoms with Crippen molar-refractivity contribution in [3.05, 3.63) is 33.9 Å². The number of nitrogens with one attached hydrogen (secondary N) is 1. The van der Waals surface area contributed by atoms with Gasteiger partial charge in [-0.05, 0) is 18.1 Å². The largest absolute Gasteiger partial charge is 0.393 e. The van der Waals surface area contributed by atoms with Crippen molar-refractivity contribution in [2.45, 2.75) is 19.9 Å². The molecule has 0 aromatic heterocycles. The molecule has 1 rings (SSSR count). The van der Waals surface area contributed by atoms with Crippen LogP contribution in [0.3, 0.4) is 0 Å². The number of carbonyl (C=O) groups excluding carboxylic acids is 1. The summed E-state index contributed by atoms with van der Waals surface area (Å²) in [5.41, 5.74) is 5.61. The van der Waals surface area contributed by atoms with E-state index in [1.54, 1.807) is 7.11 Å². The molecular formula is C13H19N3O4. The molecule has 3 N–H and O–H groups in total. The third-order valence-electron chi connectivity index (χ3n) is 2.95. The molecule has 0 aliphatic rings. The van der Waals surface area contributed by atoms with E-state index < -0.39 is 4.92 Å². The number of nitrogen functional groups attached to an aromatic ring is 1. The summed E-state index contributed by atoms with van der Waals surface area (Å²) >= 11 is 0. The van der Waals surface area contributed by atoms with E-state index in [2.05, 4.69) is 5.32 Å². The number of carbonyl (C=O) groups is 1. The smallest absolute Gasteiger partial charge is 0.292 e. The molecule has 1 aromatic rings. The van der Waals surface area contributed by atoms with E-state index in [1.807, 2.05) is 13.8 Å².